The van der Waals surface area contributed by atoms with E-state index in [9.17, 15) is 4.79 Å². The van der Waals surface area contributed by atoms with Gasteiger partial charge in [0, 0.05) is 7.05 Å². The lowest BCUT2D eigenvalue weighted by atomic mass is 10.2. The van der Waals surface area contributed by atoms with Crippen molar-refractivity contribution >= 4 is 5.91 Å². The number of carbonyl (C=O) groups excluding carboxylic acids is 1. The molecule has 1 aromatic heterocycles. The van der Waals surface area contributed by atoms with Crippen molar-refractivity contribution in [2.45, 2.75) is 13.5 Å². The molecule has 6 heteroatoms. The highest BCUT2D eigenvalue weighted by Crippen LogP contribution is 2.26. The summed E-state index contributed by atoms with van der Waals surface area (Å²) in [6, 6.07) is 6.89. The average Bonchev–Trinajstić information content (AvgIpc) is 2.65. The molecule has 2 rings (SSSR count). The zero-order valence-electron chi connectivity index (χ0n) is 10.8. The Morgan fingerprint density at radius 3 is 2.58 bits per heavy atom. The molecule has 1 amide bonds. The van der Waals surface area contributed by atoms with E-state index in [-0.39, 0.29) is 12.2 Å². The van der Waals surface area contributed by atoms with Gasteiger partial charge in [-0.05, 0) is 24.6 Å². The summed E-state index contributed by atoms with van der Waals surface area (Å²) < 4.78 is 7.11. The fraction of sp³-hybridized carbons (Fsp3) is 0.231. The summed E-state index contributed by atoms with van der Waals surface area (Å²) >= 11 is 0. The van der Waals surface area contributed by atoms with E-state index >= 15 is 0 Å². The van der Waals surface area contributed by atoms with Gasteiger partial charge in [0.2, 0.25) is 5.88 Å². The van der Waals surface area contributed by atoms with Crippen LogP contribution in [0.25, 0.3) is 0 Å². The molecular weight excluding hydrogens is 246 g/mol. The summed E-state index contributed by atoms with van der Waals surface area (Å²) in [5.41, 5.74) is 6.90. The van der Waals surface area contributed by atoms with Gasteiger partial charge in [0.05, 0.1) is 12.3 Å². The second-order valence-electron chi connectivity index (χ2n) is 4.16. The van der Waals surface area contributed by atoms with Crippen LogP contribution in [0.3, 0.4) is 0 Å². The highest BCUT2D eigenvalue weighted by Gasteiger charge is 2.19. The van der Waals surface area contributed by atoms with Gasteiger partial charge < -0.3 is 15.6 Å². The van der Waals surface area contributed by atoms with Gasteiger partial charge in [0.25, 0.3) is 5.91 Å². The second kappa shape index (κ2) is 5.11. The van der Waals surface area contributed by atoms with Crippen molar-refractivity contribution in [3.63, 3.8) is 0 Å². The van der Waals surface area contributed by atoms with Crippen molar-refractivity contribution in [1.29, 1.82) is 0 Å². The average molecular weight is 261 g/mol. The van der Waals surface area contributed by atoms with E-state index in [1.807, 2.05) is 0 Å². The van der Waals surface area contributed by atoms with E-state index in [4.69, 9.17) is 15.6 Å². The third-order valence-electron chi connectivity index (χ3n) is 2.74. The minimum atomic E-state index is -0.576. The summed E-state index contributed by atoms with van der Waals surface area (Å²) in [6.07, 6.45) is 0. The van der Waals surface area contributed by atoms with E-state index in [2.05, 4.69) is 5.10 Å². The van der Waals surface area contributed by atoms with Gasteiger partial charge in [0.15, 0.2) is 0 Å². The van der Waals surface area contributed by atoms with Gasteiger partial charge >= 0.3 is 0 Å². The van der Waals surface area contributed by atoms with Crippen LogP contribution in [0.2, 0.25) is 0 Å². The van der Waals surface area contributed by atoms with Crippen LogP contribution in [0.5, 0.6) is 11.6 Å². The molecule has 0 atom stereocenters. The molecule has 0 saturated carbocycles. The highest BCUT2D eigenvalue weighted by molar-refractivity contribution is 5.96. The number of hydrogen-bond donors (Lipinski definition) is 2. The van der Waals surface area contributed by atoms with Gasteiger partial charge in [-0.15, -0.1) is 0 Å². The van der Waals surface area contributed by atoms with E-state index in [0.29, 0.717) is 17.3 Å². The molecule has 100 valence electrons. The van der Waals surface area contributed by atoms with E-state index < -0.39 is 5.91 Å². The van der Waals surface area contributed by atoms with Gasteiger partial charge in [-0.2, -0.15) is 5.10 Å². The molecule has 0 aliphatic carbocycles. The first-order valence-corrected chi connectivity index (χ1v) is 5.74. The SMILES string of the molecule is Cc1nn(C)c(Oc2ccc(CO)cc2)c1C(N)=O. The Labute approximate surface area is 110 Å². The van der Waals surface area contributed by atoms with E-state index in [0.717, 1.165) is 5.56 Å². The number of nitrogens with zero attached hydrogens (tertiary/aromatic N) is 2. The normalized spacial score (nSPS) is 10.5. The van der Waals surface area contributed by atoms with Crippen LogP contribution in [-0.2, 0) is 13.7 Å². The van der Waals surface area contributed by atoms with Gasteiger partial charge in [0.1, 0.15) is 11.3 Å². The molecule has 0 aliphatic heterocycles. The minimum absolute atomic E-state index is 0.0301. The molecule has 6 nitrogen and oxygen atoms in total. The van der Waals surface area contributed by atoms with Crippen LogP contribution < -0.4 is 10.5 Å². The molecule has 0 fully saturated rings. The Morgan fingerprint density at radius 2 is 2.05 bits per heavy atom. The molecular formula is C13H15N3O3. The van der Waals surface area contributed by atoms with Crippen molar-refractivity contribution in [2.75, 3.05) is 0 Å². The van der Waals surface area contributed by atoms with E-state index in [1.165, 1.54) is 4.68 Å². The molecule has 0 unspecified atom stereocenters. The number of nitrogens with two attached hydrogens (primary N) is 1. The number of rotatable bonds is 4. The molecule has 0 aliphatic rings. The number of carbonyl (C=O) groups is 1. The summed E-state index contributed by atoms with van der Waals surface area (Å²) in [7, 11) is 1.68. The number of hydrogen-bond acceptors (Lipinski definition) is 4. The van der Waals surface area contributed by atoms with Crippen LogP contribution >= 0.6 is 0 Å². The molecule has 0 spiro atoms. The Hall–Kier alpha value is -2.34. The van der Waals surface area contributed by atoms with Crippen molar-refractivity contribution in [2.24, 2.45) is 12.8 Å². The van der Waals surface area contributed by atoms with Crippen molar-refractivity contribution in [3.8, 4) is 11.6 Å². The number of primary amides is 1. The molecule has 0 bridgehead atoms. The fourth-order valence-electron chi connectivity index (χ4n) is 1.81. The zero-order valence-corrected chi connectivity index (χ0v) is 10.8. The standard InChI is InChI=1S/C13H15N3O3/c1-8-11(12(14)18)13(16(2)15-8)19-10-5-3-9(7-17)4-6-10/h3-6,17H,7H2,1-2H3,(H2,14,18). The number of aliphatic hydroxyl groups is 1. The van der Waals surface area contributed by atoms with Gasteiger partial charge in [-0.1, -0.05) is 12.1 Å². The monoisotopic (exact) mass is 261 g/mol. The molecule has 0 saturated heterocycles. The lowest BCUT2D eigenvalue weighted by molar-refractivity contribution is 0.0997. The first-order chi connectivity index (χ1) is 9.02. The molecule has 2 aromatic rings. The van der Waals surface area contributed by atoms with Gasteiger partial charge in [-0.3, -0.25) is 4.79 Å². The molecule has 1 heterocycles. The van der Waals surface area contributed by atoms with Crippen LogP contribution in [-0.4, -0.2) is 20.8 Å². The van der Waals surface area contributed by atoms with Crippen molar-refractivity contribution in [1.82, 2.24) is 9.78 Å². The van der Waals surface area contributed by atoms with Crippen LogP contribution in [0.15, 0.2) is 24.3 Å². The number of benzene rings is 1. The number of aliphatic hydroxyl groups excluding tert-OH is 1. The predicted octanol–water partition coefficient (Wildman–Crippen LogP) is 1.11. The third-order valence-corrected chi connectivity index (χ3v) is 2.74. The molecule has 3 N–H and O–H groups in total. The zero-order chi connectivity index (χ0) is 14.0. The van der Waals surface area contributed by atoms with Crippen molar-refractivity contribution < 1.29 is 14.6 Å². The van der Waals surface area contributed by atoms with E-state index in [1.54, 1.807) is 38.2 Å². The Morgan fingerprint density at radius 1 is 1.42 bits per heavy atom. The fourth-order valence-corrected chi connectivity index (χ4v) is 1.81. The number of aromatic nitrogens is 2. The minimum Gasteiger partial charge on any atom is -0.438 e. The molecule has 19 heavy (non-hydrogen) atoms. The maximum Gasteiger partial charge on any atom is 0.256 e. The number of amides is 1. The highest BCUT2D eigenvalue weighted by atomic mass is 16.5. The topological polar surface area (TPSA) is 90.4 Å². The first-order valence-electron chi connectivity index (χ1n) is 5.74. The van der Waals surface area contributed by atoms with Gasteiger partial charge in [-0.25, -0.2) is 4.68 Å². The van der Waals surface area contributed by atoms with Crippen LogP contribution in [0.1, 0.15) is 21.6 Å². The lowest BCUT2D eigenvalue weighted by Crippen LogP contribution is -2.13. The Kier molecular flexibility index (Phi) is 3.52. The van der Waals surface area contributed by atoms with Crippen LogP contribution in [0, 0.1) is 6.92 Å². The Balaban J connectivity index is 2.34. The summed E-state index contributed by atoms with van der Waals surface area (Å²) in [4.78, 5) is 11.4. The summed E-state index contributed by atoms with van der Waals surface area (Å²) in [5.74, 6) is 0.275. The largest absolute Gasteiger partial charge is 0.438 e. The second-order valence-corrected chi connectivity index (χ2v) is 4.16. The predicted molar refractivity (Wildman–Crippen MR) is 68.9 cm³/mol. The Bertz CT molecular complexity index is 602. The summed E-state index contributed by atoms with van der Waals surface area (Å²) in [5, 5.41) is 13.1. The number of aryl methyl sites for hydroxylation is 2. The van der Waals surface area contributed by atoms with Crippen LogP contribution in [0.4, 0.5) is 0 Å². The molecule has 1 aromatic carbocycles. The first kappa shape index (κ1) is 13.1. The smallest absolute Gasteiger partial charge is 0.256 e. The maximum absolute atomic E-state index is 11.4. The quantitative estimate of drug-likeness (QED) is 0.862. The lowest BCUT2D eigenvalue weighted by Gasteiger charge is -2.07. The molecule has 0 radical (unpaired) electrons. The summed E-state index contributed by atoms with van der Waals surface area (Å²) in [6.45, 7) is 1.67. The maximum atomic E-state index is 11.4. The van der Waals surface area contributed by atoms with Crippen molar-refractivity contribution in [3.05, 3.63) is 41.1 Å². The number of ether oxygens (including phenoxy) is 1. The third kappa shape index (κ3) is 2.58.